The number of rotatable bonds is 6. The second-order valence-electron chi connectivity index (χ2n) is 6.31. The first-order chi connectivity index (χ1) is 11.1. The van der Waals surface area contributed by atoms with Gasteiger partial charge in [0.2, 0.25) is 11.8 Å². The lowest BCUT2D eigenvalue weighted by Crippen LogP contribution is -2.47. The van der Waals surface area contributed by atoms with E-state index in [2.05, 4.69) is 34.6 Å². The molecule has 0 saturated carbocycles. The molecule has 2 rings (SSSR count). The van der Waals surface area contributed by atoms with E-state index in [1.165, 1.54) is 5.56 Å². The molecule has 1 aliphatic heterocycles. The molecule has 2 N–H and O–H groups in total. The number of nitrogens with zero attached hydrogens (tertiary/aromatic N) is 1. The van der Waals surface area contributed by atoms with Crippen LogP contribution in [0.2, 0.25) is 0 Å². The van der Waals surface area contributed by atoms with Gasteiger partial charge in [-0.15, -0.1) is 0 Å². The highest BCUT2D eigenvalue weighted by atomic mass is 16.2. The molecule has 2 amide bonds. The Balaban J connectivity index is 1.71. The van der Waals surface area contributed by atoms with Crippen LogP contribution in [0.3, 0.4) is 0 Å². The van der Waals surface area contributed by atoms with E-state index in [1.807, 2.05) is 18.2 Å². The molecule has 0 bridgehead atoms. The summed E-state index contributed by atoms with van der Waals surface area (Å²) in [6, 6.07) is 10.4. The fourth-order valence-corrected chi connectivity index (χ4v) is 2.98. The fourth-order valence-electron chi connectivity index (χ4n) is 2.98. The highest BCUT2D eigenvalue weighted by molar-refractivity contribution is 5.78. The first-order valence-electron chi connectivity index (χ1n) is 8.35. The molecular formula is C18H27N3O2. The maximum atomic E-state index is 12.2. The zero-order chi connectivity index (χ0) is 16.7. The standard InChI is InChI=1S/C18H27N3O2/c1-14(15-6-4-3-5-7-15)12-17(22)20-16-8-10-21(11-9-16)13-18(23)19-2/h3-7,14,16H,8-13H2,1-2H3,(H,19,23)(H,20,22)/t14-/m1/s1. The van der Waals surface area contributed by atoms with Gasteiger partial charge >= 0.3 is 0 Å². The monoisotopic (exact) mass is 317 g/mol. The first-order valence-corrected chi connectivity index (χ1v) is 8.35. The van der Waals surface area contributed by atoms with Gasteiger partial charge in [0.05, 0.1) is 6.54 Å². The Morgan fingerprint density at radius 3 is 2.43 bits per heavy atom. The van der Waals surface area contributed by atoms with Crippen molar-refractivity contribution in [2.45, 2.75) is 38.1 Å². The second-order valence-corrected chi connectivity index (χ2v) is 6.31. The molecule has 0 aromatic heterocycles. The van der Waals surface area contributed by atoms with E-state index in [4.69, 9.17) is 0 Å². The van der Waals surface area contributed by atoms with Crippen LogP contribution < -0.4 is 10.6 Å². The number of nitrogens with one attached hydrogen (secondary N) is 2. The number of likely N-dealkylation sites (N-methyl/N-ethyl adjacent to an activating group) is 1. The van der Waals surface area contributed by atoms with Gasteiger partial charge in [0, 0.05) is 32.6 Å². The lowest BCUT2D eigenvalue weighted by molar-refractivity contribution is -0.124. The van der Waals surface area contributed by atoms with Gasteiger partial charge in [-0.1, -0.05) is 37.3 Å². The van der Waals surface area contributed by atoms with E-state index in [-0.39, 0.29) is 23.8 Å². The van der Waals surface area contributed by atoms with Crippen LogP contribution in [0.4, 0.5) is 0 Å². The van der Waals surface area contributed by atoms with Gasteiger partial charge in [-0.05, 0) is 24.3 Å². The third kappa shape index (κ3) is 5.67. The first kappa shape index (κ1) is 17.5. The molecule has 1 aromatic rings. The summed E-state index contributed by atoms with van der Waals surface area (Å²) in [7, 11) is 1.66. The second kappa shape index (κ2) is 8.67. The van der Waals surface area contributed by atoms with Gasteiger partial charge < -0.3 is 10.6 Å². The van der Waals surface area contributed by atoms with E-state index >= 15 is 0 Å². The Bertz CT molecular complexity index is 510. The summed E-state index contributed by atoms with van der Waals surface area (Å²) in [5.41, 5.74) is 1.20. The Morgan fingerprint density at radius 2 is 1.83 bits per heavy atom. The summed E-state index contributed by atoms with van der Waals surface area (Å²) in [5.74, 6) is 0.389. The highest BCUT2D eigenvalue weighted by Crippen LogP contribution is 2.19. The van der Waals surface area contributed by atoms with Crippen molar-refractivity contribution >= 4 is 11.8 Å². The summed E-state index contributed by atoms with van der Waals surface area (Å²) >= 11 is 0. The SMILES string of the molecule is CNC(=O)CN1CCC(NC(=O)C[C@@H](C)c2ccccc2)CC1. The van der Waals surface area contributed by atoms with Crippen molar-refractivity contribution in [2.24, 2.45) is 0 Å². The minimum absolute atomic E-state index is 0.0455. The van der Waals surface area contributed by atoms with E-state index in [1.54, 1.807) is 7.05 Å². The smallest absolute Gasteiger partial charge is 0.233 e. The van der Waals surface area contributed by atoms with Crippen molar-refractivity contribution in [3.05, 3.63) is 35.9 Å². The minimum Gasteiger partial charge on any atom is -0.358 e. The molecular weight excluding hydrogens is 290 g/mol. The number of piperidine rings is 1. The van der Waals surface area contributed by atoms with E-state index < -0.39 is 0 Å². The van der Waals surface area contributed by atoms with Crippen LogP contribution in [0, 0.1) is 0 Å². The molecule has 1 aliphatic rings. The number of carbonyl (C=O) groups excluding carboxylic acids is 2. The lowest BCUT2D eigenvalue weighted by Gasteiger charge is -2.32. The molecule has 1 atom stereocenters. The summed E-state index contributed by atoms with van der Waals surface area (Å²) in [5, 5.41) is 5.78. The molecule has 5 nitrogen and oxygen atoms in total. The number of hydrogen-bond acceptors (Lipinski definition) is 3. The van der Waals surface area contributed by atoms with Gasteiger partial charge in [0.25, 0.3) is 0 Å². The number of likely N-dealkylation sites (tertiary alicyclic amines) is 1. The Morgan fingerprint density at radius 1 is 1.17 bits per heavy atom. The van der Waals surface area contributed by atoms with Gasteiger partial charge in [-0.3, -0.25) is 14.5 Å². The summed E-state index contributed by atoms with van der Waals surface area (Å²) < 4.78 is 0. The van der Waals surface area contributed by atoms with Crippen LogP contribution >= 0.6 is 0 Å². The third-order valence-electron chi connectivity index (χ3n) is 4.46. The van der Waals surface area contributed by atoms with Crippen LogP contribution in [0.15, 0.2) is 30.3 Å². The maximum Gasteiger partial charge on any atom is 0.233 e. The van der Waals surface area contributed by atoms with Crippen LogP contribution in [0.5, 0.6) is 0 Å². The van der Waals surface area contributed by atoms with Gasteiger partial charge in [-0.25, -0.2) is 0 Å². The van der Waals surface area contributed by atoms with Crippen molar-refractivity contribution < 1.29 is 9.59 Å². The van der Waals surface area contributed by atoms with E-state index in [9.17, 15) is 9.59 Å². The van der Waals surface area contributed by atoms with Crippen LogP contribution in [-0.2, 0) is 9.59 Å². The van der Waals surface area contributed by atoms with Crippen molar-refractivity contribution in [3.63, 3.8) is 0 Å². The maximum absolute atomic E-state index is 12.2. The number of carbonyl (C=O) groups is 2. The summed E-state index contributed by atoms with van der Waals surface area (Å²) in [6.07, 6.45) is 2.33. The number of hydrogen-bond donors (Lipinski definition) is 2. The van der Waals surface area contributed by atoms with Crippen LogP contribution in [0.25, 0.3) is 0 Å². The van der Waals surface area contributed by atoms with Crippen LogP contribution in [-0.4, -0.2) is 49.4 Å². The van der Waals surface area contributed by atoms with Gasteiger partial charge in [-0.2, -0.15) is 0 Å². The Hall–Kier alpha value is -1.88. The minimum atomic E-state index is 0.0455. The summed E-state index contributed by atoms with van der Waals surface area (Å²) in [6.45, 7) is 4.24. The third-order valence-corrected chi connectivity index (χ3v) is 4.46. The Labute approximate surface area is 138 Å². The number of benzene rings is 1. The van der Waals surface area contributed by atoms with Crippen LogP contribution in [0.1, 0.15) is 37.7 Å². The lowest BCUT2D eigenvalue weighted by atomic mass is 9.97. The van der Waals surface area contributed by atoms with Crippen molar-refractivity contribution in [3.8, 4) is 0 Å². The molecule has 1 aromatic carbocycles. The quantitative estimate of drug-likeness (QED) is 0.836. The molecule has 23 heavy (non-hydrogen) atoms. The molecule has 0 aliphatic carbocycles. The van der Waals surface area contributed by atoms with Crippen molar-refractivity contribution in [1.29, 1.82) is 0 Å². The average Bonchev–Trinajstić information content (AvgIpc) is 2.57. The molecule has 0 spiro atoms. The zero-order valence-corrected chi connectivity index (χ0v) is 14.0. The molecule has 1 heterocycles. The van der Waals surface area contributed by atoms with Crippen molar-refractivity contribution in [1.82, 2.24) is 15.5 Å². The normalized spacial score (nSPS) is 17.5. The average molecular weight is 317 g/mol. The molecule has 1 saturated heterocycles. The van der Waals surface area contributed by atoms with Gasteiger partial charge in [0.1, 0.15) is 0 Å². The molecule has 0 unspecified atom stereocenters. The van der Waals surface area contributed by atoms with Gasteiger partial charge in [0.15, 0.2) is 0 Å². The summed E-state index contributed by atoms with van der Waals surface area (Å²) in [4.78, 5) is 25.7. The predicted octanol–water partition coefficient (Wildman–Crippen LogP) is 1.51. The van der Waals surface area contributed by atoms with Crippen molar-refractivity contribution in [2.75, 3.05) is 26.7 Å². The number of amides is 2. The largest absolute Gasteiger partial charge is 0.358 e. The van der Waals surface area contributed by atoms with E-state index in [0.29, 0.717) is 13.0 Å². The highest BCUT2D eigenvalue weighted by Gasteiger charge is 2.22. The van der Waals surface area contributed by atoms with E-state index in [0.717, 1.165) is 25.9 Å². The Kier molecular flexibility index (Phi) is 6.59. The predicted molar refractivity (Wildman–Crippen MR) is 91.1 cm³/mol. The molecule has 126 valence electrons. The molecule has 0 radical (unpaired) electrons. The molecule has 5 heteroatoms. The zero-order valence-electron chi connectivity index (χ0n) is 14.0. The topological polar surface area (TPSA) is 61.4 Å². The fraction of sp³-hybridized carbons (Fsp3) is 0.556. The molecule has 1 fully saturated rings.